The SMILES string of the molecule is CCN(CC)CCc1c(O)n(-c2ccccc2)n(-c2ccccc2)c1=O. The van der Waals surface area contributed by atoms with Gasteiger partial charge in [-0.05, 0) is 43.8 Å². The first-order valence-electron chi connectivity index (χ1n) is 9.06. The van der Waals surface area contributed by atoms with Crippen LogP contribution in [0.2, 0.25) is 0 Å². The van der Waals surface area contributed by atoms with Gasteiger partial charge in [-0.1, -0.05) is 50.2 Å². The van der Waals surface area contributed by atoms with Gasteiger partial charge < -0.3 is 10.0 Å². The highest BCUT2D eigenvalue weighted by atomic mass is 16.3. The molecule has 3 aromatic rings. The Morgan fingerprint density at radius 2 is 1.35 bits per heavy atom. The molecule has 0 aliphatic heterocycles. The molecule has 0 aliphatic carbocycles. The molecule has 1 aromatic heterocycles. The van der Waals surface area contributed by atoms with E-state index in [1.54, 1.807) is 9.36 Å². The molecule has 26 heavy (non-hydrogen) atoms. The van der Waals surface area contributed by atoms with Crippen LogP contribution in [0.15, 0.2) is 65.5 Å². The van der Waals surface area contributed by atoms with E-state index in [-0.39, 0.29) is 11.4 Å². The van der Waals surface area contributed by atoms with Gasteiger partial charge >= 0.3 is 0 Å². The first-order chi connectivity index (χ1) is 12.7. The summed E-state index contributed by atoms with van der Waals surface area (Å²) >= 11 is 0. The van der Waals surface area contributed by atoms with Crippen molar-refractivity contribution in [2.24, 2.45) is 0 Å². The smallest absolute Gasteiger partial charge is 0.278 e. The fourth-order valence-electron chi connectivity index (χ4n) is 3.17. The number of hydrogen-bond donors (Lipinski definition) is 1. The van der Waals surface area contributed by atoms with Crippen LogP contribution in [0.3, 0.4) is 0 Å². The monoisotopic (exact) mass is 351 g/mol. The highest BCUT2D eigenvalue weighted by Gasteiger charge is 2.21. The van der Waals surface area contributed by atoms with Crippen molar-refractivity contribution in [2.45, 2.75) is 20.3 Å². The lowest BCUT2D eigenvalue weighted by Gasteiger charge is -2.16. The topological polar surface area (TPSA) is 50.4 Å². The normalized spacial score (nSPS) is 11.2. The van der Waals surface area contributed by atoms with Crippen LogP contribution in [0.25, 0.3) is 11.4 Å². The average Bonchev–Trinajstić information content (AvgIpc) is 2.94. The number of rotatable bonds is 7. The van der Waals surface area contributed by atoms with E-state index in [9.17, 15) is 9.90 Å². The minimum Gasteiger partial charge on any atom is -0.493 e. The van der Waals surface area contributed by atoms with Crippen LogP contribution >= 0.6 is 0 Å². The second-order valence-corrected chi connectivity index (χ2v) is 6.18. The lowest BCUT2D eigenvalue weighted by molar-refractivity contribution is 0.305. The number of nitrogens with zero attached hydrogens (tertiary/aromatic N) is 3. The quantitative estimate of drug-likeness (QED) is 0.711. The molecule has 0 radical (unpaired) electrons. The van der Waals surface area contributed by atoms with Gasteiger partial charge in [-0.25, -0.2) is 9.36 Å². The molecule has 0 saturated heterocycles. The fourth-order valence-corrected chi connectivity index (χ4v) is 3.17. The number of benzene rings is 2. The van der Waals surface area contributed by atoms with Crippen LogP contribution in [-0.2, 0) is 6.42 Å². The molecule has 0 aliphatic rings. The molecular weight excluding hydrogens is 326 g/mol. The molecule has 1 heterocycles. The second-order valence-electron chi connectivity index (χ2n) is 6.18. The predicted octanol–water partition coefficient (Wildman–Crippen LogP) is 3.22. The van der Waals surface area contributed by atoms with Gasteiger partial charge in [0, 0.05) is 6.54 Å². The Kier molecular flexibility index (Phi) is 5.58. The Balaban J connectivity index is 2.13. The van der Waals surface area contributed by atoms with Gasteiger partial charge in [0.1, 0.15) is 0 Å². The predicted molar refractivity (Wildman–Crippen MR) is 105 cm³/mol. The standard InChI is InChI=1S/C21H25N3O2/c1-3-22(4-2)16-15-19-20(25)23(17-11-7-5-8-12-17)24(21(19)26)18-13-9-6-10-14-18/h5-14,25H,3-4,15-16H2,1-2H3. The first kappa shape index (κ1) is 18.0. The number of likely N-dealkylation sites (N-methyl/N-ethyl adjacent to an activating group) is 1. The Labute approximate surface area is 153 Å². The number of para-hydroxylation sites is 2. The van der Waals surface area contributed by atoms with E-state index >= 15 is 0 Å². The van der Waals surface area contributed by atoms with Gasteiger partial charge in [0.05, 0.1) is 16.9 Å². The summed E-state index contributed by atoms with van der Waals surface area (Å²) in [5.74, 6) is 0.0113. The zero-order valence-corrected chi connectivity index (χ0v) is 15.3. The van der Waals surface area contributed by atoms with Crippen molar-refractivity contribution < 1.29 is 5.11 Å². The van der Waals surface area contributed by atoms with E-state index < -0.39 is 0 Å². The maximum Gasteiger partial charge on any atom is 0.278 e. The van der Waals surface area contributed by atoms with Crippen LogP contribution in [-0.4, -0.2) is 39.0 Å². The number of hydrogen-bond acceptors (Lipinski definition) is 3. The molecule has 0 atom stereocenters. The maximum absolute atomic E-state index is 13.1. The molecule has 0 spiro atoms. The van der Waals surface area contributed by atoms with Crippen molar-refractivity contribution in [3.63, 3.8) is 0 Å². The third-order valence-electron chi connectivity index (χ3n) is 4.70. The number of aromatic hydroxyl groups is 1. The van der Waals surface area contributed by atoms with Gasteiger partial charge in [0.15, 0.2) is 0 Å². The molecule has 3 rings (SSSR count). The molecule has 5 nitrogen and oxygen atoms in total. The van der Waals surface area contributed by atoms with Crippen LogP contribution in [0.5, 0.6) is 5.88 Å². The van der Waals surface area contributed by atoms with Gasteiger partial charge in [-0.2, -0.15) is 0 Å². The highest BCUT2D eigenvalue weighted by Crippen LogP contribution is 2.23. The number of aromatic nitrogens is 2. The van der Waals surface area contributed by atoms with Crippen LogP contribution in [0.1, 0.15) is 19.4 Å². The van der Waals surface area contributed by atoms with Crippen LogP contribution in [0.4, 0.5) is 0 Å². The van der Waals surface area contributed by atoms with Gasteiger partial charge in [0.25, 0.3) is 5.56 Å². The minimum absolute atomic E-state index is 0.0113. The summed E-state index contributed by atoms with van der Waals surface area (Å²) in [5.41, 5.74) is 1.75. The van der Waals surface area contributed by atoms with E-state index in [1.165, 1.54) is 0 Å². The summed E-state index contributed by atoms with van der Waals surface area (Å²) in [5, 5.41) is 10.9. The zero-order chi connectivity index (χ0) is 18.5. The first-order valence-corrected chi connectivity index (χ1v) is 9.06. The van der Waals surface area contributed by atoms with Crippen molar-refractivity contribution >= 4 is 0 Å². The van der Waals surface area contributed by atoms with E-state index in [4.69, 9.17) is 0 Å². The van der Waals surface area contributed by atoms with Crippen molar-refractivity contribution in [1.82, 2.24) is 14.3 Å². The second kappa shape index (κ2) is 8.06. The van der Waals surface area contributed by atoms with E-state index in [0.717, 1.165) is 31.0 Å². The molecule has 1 N–H and O–H groups in total. The average molecular weight is 351 g/mol. The molecule has 0 fully saturated rings. The maximum atomic E-state index is 13.1. The van der Waals surface area contributed by atoms with Crippen LogP contribution in [0, 0.1) is 0 Å². The van der Waals surface area contributed by atoms with E-state index in [2.05, 4.69) is 18.7 Å². The Morgan fingerprint density at radius 1 is 0.846 bits per heavy atom. The van der Waals surface area contributed by atoms with Gasteiger partial charge in [0.2, 0.25) is 5.88 Å². The zero-order valence-electron chi connectivity index (χ0n) is 15.3. The van der Waals surface area contributed by atoms with Crippen molar-refractivity contribution in [2.75, 3.05) is 19.6 Å². The Bertz CT molecular complexity index is 894. The molecule has 0 amide bonds. The largest absolute Gasteiger partial charge is 0.493 e. The van der Waals surface area contributed by atoms with Crippen LogP contribution < -0.4 is 5.56 Å². The molecule has 136 valence electrons. The van der Waals surface area contributed by atoms with Gasteiger partial charge in [-0.3, -0.25) is 4.79 Å². The lowest BCUT2D eigenvalue weighted by Crippen LogP contribution is -2.27. The molecule has 5 heteroatoms. The third kappa shape index (κ3) is 3.44. The highest BCUT2D eigenvalue weighted by molar-refractivity contribution is 5.43. The van der Waals surface area contributed by atoms with Gasteiger partial charge in [-0.15, -0.1) is 0 Å². The lowest BCUT2D eigenvalue weighted by atomic mass is 10.2. The van der Waals surface area contributed by atoms with Crippen molar-refractivity contribution in [1.29, 1.82) is 0 Å². The fraction of sp³-hybridized carbons (Fsp3) is 0.286. The Morgan fingerprint density at radius 3 is 1.85 bits per heavy atom. The molecular formula is C21H25N3O2. The molecule has 0 saturated carbocycles. The molecule has 0 bridgehead atoms. The summed E-state index contributed by atoms with van der Waals surface area (Å²) < 4.78 is 3.14. The minimum atomic E-state index is -0.176. The van der Waals surface area contributed by atoms with Crippen molar-refractivity contribution in [3.05, 3.63) is 76.6 Å². The summed E-state index contributed by atoms with van der Waals surface area (Å²) in [6.45, 7) is 6.78. The van der Waals surface area contributed by atoms with Crippen molar-refractivity contribution in [3.8, 4) is 17.3 Å². The summed E-state index contributed by atoms with van der Waals surface area (Å²) in [6.07, 6.45) is 0.513. The van der Waals surface area contributed by atoms with E-state index in [0.29, 0.717) is 12.0 Å². The summed E-state index contributed by atoms with van der Waals surface area (Å²) in [6, 6.07) is 18.9. The Hall–Kier alpha value is -2.79. The summed E-state index contributed by atoms with van der Waals surface area (Å²) in [7, 11) is 0. The third-order valence-corrected chi connectivity index (χ3v) is 4.70. The molecule has 0 unspecified atom stereocenters. The molecule has 2 aromatic carbocycles. The summed E-state index contributed by atoms with van der Waals surface area (Å²) in [4.78, 5) is 15.4. The van der Waals surface area contributed by atoms with E-state index in [1.807, 2.05) is 60.7 Å².